The van der Waals surface area contributed by atoms with Crippen LogP contribution in [-0.4, -0.2) is 52.5 Å². The Bertz CT molecular complexity index is 731. The molecule has 0 saturated carbocycles. The molecular weight excluding hydrogens is 406 g/mol. The van der Waals surface area contributed by atoms with Crippen LogP contribution in [0.1, 0.15) is 83.6 Å². The minimum Gasteiger partial charge on any atom is -0.466 e. The van der Waals surface area contributed by atoms with Gasteiger partial charge in [0.25, 0.3) is 0 Å². The Morgan fingerprint density at radius 3 is 2.53 bits per heavy atom. The molecule has 1 N–H and O–H groups in total. The molecule has 1 aromatic rings. The molecule has 0 radical (unpaired) electrons. The zero-order valence-corrected chi connectivity index (χ0v) is 19.7. The summed E-state index contributed by atoms with van der Waals surface area (Å²) in [5.41, 5.74) is 0.393. The molecule has 0 aliphatic carbocycles. The molecule has 178 valence electrons. The number of rotatable bonds is 15. The van der Waals surface area contributed by atoms with E-state index in [0.717, 1.165) is 38.5 Å². The van der Waals surface area contributed by atoms with Crippen molar-refractivity contribution in [1.29, 1.82) is 0 Å². The number of benzene rings is 1. The van der Waals surface area contributed by atoms with Gasteiger partial charge in [-0.3, -0.25) is 14.4 Å². The number of amides is 1. The summed E-state index contributed by atoms with van der Waals surface area (Å²) in [6.45, 7) is 4.44. The monoisotopic (exact) mass is 445 g/mol. The van der Waals surface area contributed by atoms with Gasteiger partial charge in [0.2, 0.25) is 5.91 Å². The van der Waals surface area contributed by atoms with Gasteiger partial charge in [-0.15, -0.1) is 0 Å². The number of esters is 1. The number of aliphatic hydroxyl groups is 1. The molecule has 1 aliphatic heterocycles. The maximum atomic E-state index is 12.4. The molecule has 1 aliphatic rings. The maximum absolute atomic E-state index is 12.4. The number of hydrogen-bond acceptors (Lipinski definition) is 5. The Morgan fingerprint density at radius 1 is 1.09 bits per heavy atom. The second kappa shape index (κ2) is 13.4. The predicted octanol–water partition coefficient (Wildman–Crippen LogP) is 4.22. The molecular formula is C26H39NO5. The lowest BCUT2D eigenvalue weighted by molar-refractivity contribution is -0.143. The van der Waals surface area contributed by atoms with Crippen LogP contribution in [0.5, 0.6) is 0 Å². The Labute approximate surface area is 192 Å². The molecule has 2 atom stereocenters. The minimum absolute atomic E-state index is 0.00903. The van der Waals surface area contributed by atoms with Gasteiger partial charge in [-0.25, -0.2) is 0 Å². The van der Waals surface area contributed by atoms with Crippen molar-refractivity contribution in [3.05, 3.63) is 35.9 Å². The number of aryl methyl sites for hydroxylation is 1. The number of carbonyl (C=O) groups is 3. The number of nitrogens with zero attached hydrogens (tertiary/aromatic N) is 1. The van der Waals surface area contributed by atoms with Gasteiger partial charge in [-0.1, -0.05) is 49.6 Å². The van der Waals surface area contributed by atoms with Crippen molar-refractivity contribution in [2.75, 3.05) is 13.2 Å². The molecule has 32 heavy (non-hydrogen) atoms. The molecule has 6 nitrogen and oxygen atoms in total. The molecule has 1 fully saturated rings. The molecule has 0 aromatic heterocycles. The summed E-state index contributed by atoms with van der Waals surface area (Å²) < 4.78 is 4.92. The van der Waals surface area contributed by atoms with Gasteiger partial charge >= 0.3 is 5.97 Å². The predicted molar refractivity (Wildman–Crippen MR) is 124 cm³/mol. The summed E-state index contributed by atoms with van der Waals surface area (Å²) in [6, 6.07) is 9.84. The Balaban J connectivity index is 1.70. The van der Waals surface area contributed by atoms with Crippen molar-refractivity contribution < 1.29 is 24.2 Å². The van der Waals surface area contributed by atoms with Crippen LogP contribution in [0.15, 0.2) is 30.3 Å². The maximum Gasteiger partial charge on any atom is 0.305 e. The van der Waals surface area contributed by atoms with Crippen molar-refractivity contribution in [2.24, 2.45) is 0 Å². The highest BCUT2D eigenvalue weighted by molar-refractivity contribution is 6.07. The van der Waals surface area contributed by atoms with Gasteiger partial charge in [0.15, 0.2) is 5.78 Å². The highest BCUT2D eigenvalue weighted by atomic mass is 16.5. The lowest BCUT2D eigenvalue weighted by atomic mass is 9.93. The normalized spacial score (nSPS) is 18.1. The van der Waals surface area contributed by atoms with Crippen molar-refractivity contribution in [3.63, 3.8) is 0 Å². The van der Waals surface area contributed by atoms with Crippen LogP contribution in [0, 0.1) is 0 Å². The quantitative estimate of drug-likeness (QED) is 0.248. The lowest BCUT2D eigenvalue weighted by Crippen LogP contribution is -2.39. The van der Waals surface area contributed by atoms with E-state index in [1.807, 2.05) is 25.1 Å². The second-order valence-electron chi connectivity index (χ2n) is 9.09. The van der Waals surface area contributed by atoms with E-state index in [-0.39, 0.29) is 30.1 Å². The second-order valence-corrected chi connectivity index (χ2v) is 9.09. The lowest BCUT2D eigenvalue weighted by Gasteiger charge is -2.29. The number of likely N-dealkylation sites (tertiary alicyclic amines) is 1. The largest absolute Gasteiger partial charge is 0.466 e. The molecule has 1 saturated heterocycles. The highest BCUT2D eigenvalue weighted by Gasteiger charge is 2.38. The standard InChI is InChI=1S/C26H39NO5/c1-3-32-25(30)16-10-5-4-9-15-22-23(28)20-24(29)27(22)19-18-26(2,31)17-11-14-21-12-7-6-8-13-21/h6-8,12-13,22,31H,3-5,9-11,14-20H2,1-2H3. The number of unbranched alkanes of at least 4 members (excludes halogenated alkanes) is 3. The van der Waals surface area contributed by atoms with Crippen LogP contribution < -0.4 is 0 Å². The van der Waals surface area contributed by atoms with E-state index in [1.54, 1.807) is 11.8 Å². The SMILES string of the molecule is CCOC(=O)CCCCCCC1C(=O)CC(=O)N1CCC(C)(O)CCCc1ccccc1. The van der Waals surface area contributed by atoms with Gasteiger partial charge in [-0.2, -0.15) is 0 Å². The third-order valence-corrected chi connectivity index (χ3v) is 6.22. The summed E-state index contributed by atoms with van der Waals surface area (Å²) in [5, 5.41) is 10.8. The third kappa shape index (κ3) is 9.11. The average Bonchev–Trinajstić information content (AvgIpc) is 3.02. The summed E-state index contributed by atoms with van der Waals surface area (Å²) in [7, 11) is 0. The van der Waals surface area contributed by atoms with Gasteiger partial charge in [0, 0.05) is 13.0 Å². The first-order chi connectivity index (χ1) is 15.3. The first-order valence-electron chi connectivity index (χ1n) is 12.1. The van der Waals surface area contributed by atoms with Crippen molar-refractivity contribution in [1.82, 2.24) is 4.90 Å². The Hall–Kier alpha value is -2.21. The fourth-order valence-corrected chi connectivity index (χ4v) is 4.31. The molecule has 2 unspecified atom stereocenters. The van der Waals surface area contributed by atoms with Gasteiger partial charge < -0.3 is 14.7 Å². The number of ketones is 1. The van der Waals surface area contributed by atoms with E-state index >= 15 is 0 Å². The molecule has 6 heteroatoms. The van der Waals surface area contributed by atoms with Crippen LogP contribution >= 0.6 is 0 Å². The summed E-state index contributed by atoms with van der Waals surface area (Å²) in [4.78, 5) is 37.7. The zero-order chi connectivity index (χ0) is 23.4. The van der Waals surface area contributed by atoms with Crippen molar-refractivity contribution in [3.8, 4) is 0 Å². The number of hydrogen-bond donors (Lipinski definition) is 1. The molecule has 0 bridgehead atoms. The average molecular weight is 446 g/mol. The highest BCUT2D eigenvalue weighted by Crippen LogP contribution is 2.25. The molecule has 2 rings (SSSR count). The molecule has 1 aromatic carbocycles. The number of ether oxygens (including phenoxy) is 1. The summed E-state index contributed by atoms with van der Waals surface area (Å²) in [5.74, 6) is -0.293. The van der Waals surface area contributed by atoms with Crippen LogP contribution in [0.2, 0.25) is 0 Å². The van der Waals surface area contributed by atoms with Crippen molar-refractivity contribution in [2.45, 2.75) is 96.1 Å². The van der Waals surface area contributed by atoms with Crippen molar-refractivity contribution >= 4 is 17.7 Å². The first-order valence-corrected chi connectivity index (χ1v) is 12.1. The number of carbonyl (C=O) groups excluding carboxylic acids is 3. The third-order valence-electron chi connectivity index (χ3n) is 6.22. The molecule has 1 amide bonds. The van der Waals surface area contributed by atoms with Gasteiger partial charge in [-0.05, 0) is 57.9 Å². The Kier molecular flexibility index (Phi) is 10.9. The molecule has 0 spiro atoms. The van der Waals surface area contributed by atoms with E-state index in [0.29, 0.717) is 38.8 Å². The topological polar surface area (TPSA) is 83.9 Å². The van der Waals surface area contributed by atoms with E-state index in [1.165, 1.54) is 5.56 Å². The van der Waals surface area contributed by atoms with Crippen LogP contribution in [0.25, 0.3) is 0 Å². The van der Waals surface area contributed by atoms with Gasteiger partial charge in [0.1, 0.15) is 0 Å². The Morgan fingerprint density at radius 2 is 1.81 bits per heavy atom. The summed E-state index contributed by atoms with van der Waals surface area (Å²) in [6.07, 6.45) is 7.43. The zero-order valence-electron chi connectivity index (χ0n) is 19.7. The first kappa shape index (κ1) is 26.0. The van der Waals surface area contributed by atoms with Gasteiger partial charge in [0.05, 0.1) is 24.7 Å². The fourth-order valence-electron chi connectivity index (χ4n) is 4.31. The van der Waals surface area contributed by atoms with Crippen LogP contribution in [0.4, 0.5) is 0 Å². The van der Waals surface area contributed by atoms with Crippen LogP contribution in [0.3, 0.4) is 0 Å². The van der Waals surface area contributed by atoms with Crippen LogP contribution in [-0.2, 0) is 25.5 Å². The summed E-state index contributed by atoms with van der Waals surface area (Å²) >= 11 is 0. The fraction of sp³-hybridized carbons (Fsp3) is 0.654. The smallest absolute Gasteiger partial charge is 0.305 e. The van der Waals surface area contributed by atoms with E-state index < -0.39 is 5.60 Å². The van der Waals surface area contributed by atoms with E-state index in [9.17, 15) is 19.5 Å². The van der Waals surface area contributed by atoms with E-state index in [2.05, 4.69) is 12.1 Å². The minimum atomic E-state index is -0.863. The van der Waals surface area contributed by atoms with E-state index in [4.69, 9.17) is 4.74 Å². The molecule has 1 heterocycles. The number of Topliss-reactive ketones (excluding diaryl/α,β-unsaturated/α-hetero) is 1.